The molecule has 0 radical (unpaired) electrons. The third-order valence-electron chi connectivity index (χ3n) is 3.63. The number of rotatable bonds is 4. The maximum absolute atomic E-state index is 5.64. The quantitative estimate of drug-likeness (QED) is 0.379. The highest BCUT2D eigenvalue weighted by Crippen LogP contribution is 2.23. The molecule has 2 rings (SSSR count). The lowest BCUT2D eigenvalue weighted by molar-refractivity contribution is 0.154. The van der Waals surface area contributed by atoms with Crippen LogP contribution in [-0.2, 0) is 4.74 Å². The molecular weight excluding hydrogens is 238 g/mol. The predicted octanol–water partition coefficient (Wildman–Crippen LogP) is 2.57. The van der Waals surface area contributed by atoms with Gasteiger partial charge < -0.3 is 10.2 Å². The van der Waals surface area contributed by atoms with Crippen LogP contribution in [0, 0.1) is 0 Å². The molecular formula is C15H23N3O. The average molecular weight is 261 g/mol. The van der Waals surface area contributed by atoms with Gasteiger partial charge >= 0.3 is 0 Å². The van der Waals surface area contributed by atoms with E-state index in [1.54, 1.807) is 7.11 Å². The van der Waals surface area contributed by atoms with Crippen molar-refractivity contribution in [3.05, 3.63) is 35.9 Å². The number of amidine groups is 1. The summed E-state index contributed by atoms with van der Waals surface area (Å²) in [7, 11) is 1.69. The largest absolute Gasteiger partial charge is 0.369 e. The van der Waals surface area contributed by atoms with Crippen LogP contribution in [0.2, 0.25) is 0 Å². The fourth-order valence-corrected chi connectivity index (χ4v) is 2.62. The highest BCUT2D eigenvalue weighted by Gasteiger charge is 2.20. The lowest BCUT2D eigenvalue weighted by Crippen LogP contribution is -2.37. The maximum Gasteiger partial charge on any atom is 0.145 e. The van der Waals surface area contributed by atoms with Crippen molar-refractivity contribution in [2.45, 2.75) is 44.2 Å². The standard InChI is InChI=1S/C15H23N3O/c1-19-14(12-8-4-2-5-9-12)15(18-16)17-13-10-6-3-7-11-13/h2,4-5,8-9,13-14H,3,6-7,10-11,16H2,1H3,(H,17,18). The van der Waals surface area contributed by atoms with Gasteiger partial charge in [0.15, 0.2) is 0 Å². The number of ether oxygens (including phenoxy) is 1. The third kappa shape index (κ3) is 3.78. The number of aliphatic imine (C=N–C) groups is 1. The van der Waals surface area contributed by atoms with Crippen molar-refractivity contribution in [1.82, 2.24) is 5.43 Å². The van der Waals surface area contributed by atoms with Crippen LogP contribution in [0.15, 0.2) is 35.3 Å². The summed E-state index contributed by atoms with van der Waals surface area (Å²) >= 11 is 0. The Hall–Kier alpha value is -1.39. The molecule has 1 unspecified atom stereocenters. The molecule has 1 atom stereocenters. The van der Waals surface area contributed by atoms with Gasteiger partial charge in [0.05, 0.1) is 6.04 Å². The number of benzene rings is 1. The molecule has 1 aromatic carbocycles. The van der Waals surface area contributed by atoms with E-state index in [0.717, 1.165) is 24.2 Å². The Morgan fingerprint density at radius 3 is 2.53 bits per heavy atom. The Balaban J connectivity index is 2.16. The zero-order chi connectivity index (χ0) is 13.5. The molecule has 4 nitrogen and oxygen atoms in total. The van der Waals surface area contributed by atoms with Crippen molar-refractivity contribution in [1.29, 1.82) is 0 Å². The Morgan fingerprint density at radius 2 is 1.95 bits per heavy atom. The van der Waals surface area contributed by atoms with Gasteiger partial charge in [-0.05, 0) is 18.4 Å². The summed E-state index contributed by atoms with van der Waals surface area (Å²) in [5.74, 6) is 6.37. The van der Waals surface area contributed by atoms with Crippen LogP contribution in [0.4, 0.5) is 0 Å². The maximum atomic E-state index is 5.64. The van der Waals surface area contributed by atoms with Gasteiger partial charge in [-0.25, -0.2) is 5.84 Å². The van der Waals surface area contributed by atoms with Gasteiger partial charge in [0.25, 0.3) is 0 Å². The fourth-order valence-electron chi connectivity index (χ4n) is 2.62. The van der Waals surface area contributed by atoms with Crippen LogP contribution in [0.5, 0.6) is 0 Å². The molecule has 0 aromatic heterocycles. The zero-order valence-electron chi connectivity index (χ0n) is 11.5. The molecule has 19 heavy (non-hydrogen) atoms. The number of nitrogens with two attached hydrogens (primary N) is 1. The number of hydrogen-bond donors (Lipinski definition) is 2. The van der Waals surface area contributed by atoms with Crippen molar-refractivity contribution >= 4 is 5.84 Å². The van der Waals surface area contributed by atoms with Gasteiger partial charge in [-0.15, -0.1) is 0 Å². The first-order valence-electron chi connectivity index (χ1n) is 6.97. The van der Waals surface area contributed by atoms with E-state index in [0.29, 0.717) is 6.04 Å². The monoisotopic (exact) mass is 261 g/mol. The molecule has 104 valence electrons. The van der Waals surface area contributed by atoms with Crippen molar-refractivity contribution in [2.24, 2.45) is 10.8 Å². The minimum Gasteiger partial charge on any atom is -0.369 e. The van der Waals surface area contributed by atoms with Gasteiger partial charge in [-0.3, -0.25) is 4.99 Å². The summed E-state index contributed by atoms with van der Waals surface area (Å²) in [5.41, 5.74) is 3.79. The first kappa shape index (κ1) is 14.0. The van der Waals surface area contributed by atoms with Crippen molar-refractivity contribution in [3.63, 3.8) is 0 Å². The van der Waals surface area contributed by atoms with Crippen LogP contribution in [0.3, 0.4) is 0 Å². The lowest BCUT2D eigenvalue weighted by Gasteiger charge is -2.23. The molecule has 1 fully saturated rings. The minimum atomic E-state index is -0.215. The minimum absolute atomic E-state index is 0.215. The molecule has 0 aliphatic heterocycles. The Labute approximate surface area is 115 Å². The van der Waals surface area contributed by atoms with Crippen LogP contribution in [-0.4, -0.2) is 19.0 Å². The van der Waals surface area contributed by atoms with E-state index in [1.165, 1.54) is 19.3 Å². The van der Waals surface area contributed by atoms with Crippen molar-refractivity contribution in [3.8, 4) is 0 Å². The average Bonchev–Trinajstić information content (AvgIpc) is 2.49. The second kappa shape index (κ2) is 7.26. The predicted molar refractivity (Wildman–Crippen MR) is 77.8 cm³/mol. The summed E-state index contributed by atoms with van der Waals surface area (Å²) in [6, 6.07) is 10.4. The molecule has 0 spiro atoms. The molecule has 3 N–H and O–H groups in total. The summed E-state index contributed by atoms with van der Waals surface area (Å²) in [6.07, 6.45) is 5.92. The van der Waals surface area contributed by atoms with Crippen LogP contribution >= 0.6 is 0 Å². The van der Waals surface area contributed by atoms with Gasteiger partial charge in [0.2, 0.25) is 0 Å². The Bertz CT molecular complexity index is 399. The number of methoxy groups -OCH3 is 1. The molecule has 0 amide bonds. The second-order valence-electron chi connectivity index (χ2n) is 4.98. The summed E-state index contributed by atoms with van der Waals surface area (Å²) < 4.78 is 5.56. The molecule has 0 heterocycles. The summed E-state index contributed by atoms with van der Waals surface area (Å²) in [6.45, 7) is 0. The van der Waals surface area contributed by atoms with E-state index in [4.69, 9.17) is 15.6 Å². The van der Waals surface area contributed by atoms with Gasteiger partial charge in [0.1, 0.15) is 11.9 Å². The SMILES string of the molecule is COC(C(=NC1CCCCC1)NN)c1ccccc1. The molecule has 1 aliphatic carbocycles. The molecule has 0 bridgehead atoms. The number of hydrazine groups is 1. The third-order valence-corrected chi connectivity index (χ3v) is 3.63. The fraction of sp³-hybridized carbons (Fsp3) is 0.533. The normalized spacial score (nSPS) is 19.2. The van der Waals surface area contributed by atoms with E-state index in [2.05, 4.69) is 5.43 Å². The van der Waals surface area contributed by atoms with Crippen LogP contribution in [0.25, 0.3) is 0 Å². The van der Waals surface area contributed by atoms with Crippen molar-refractivity contribution < 1.29 is 4.74 Å². The topological polar surface area (TPSA) is 59.6 Å². The summed E-state index contributed by atoms with van der Waals surface area (Å²) in [5, 5.41) is 0. The lowest BCUT2D eigenvalue weighted by atomic mass is 9.96. The van der Waals surface area contributed by atoms with Gasteiger partial charge in [-0.1, -0.05) is 49.6 Å². The molecule has 1 aliphatic rings. The van der Waals surface area contributed by atoms with E-state index >= 15 is 0 Å². The number of nitrogens with zero attached hydrogens (tertiary/aromatic N) is 1. The molecule has 1 saturated carbocycles. The first-order chi connectivity index (χ1) is 9.35. The Morgan fingerprint density at radius 1 is 1.26 bits per heavy atom. The highest BCUT2D eigenvalue weighted by atomic mass is 16.5. The molecule has 0 saturated heterocycles. The van der Waals surface area contributed by atoms with E-state index in [9.17, 15) is 0 Å². The van der Waals surface area contributed by atoms with E-state index in [-0.39, 0.29) is 6.10 Å². The van der Waals surface area contributed by atoms with E-state index in [1.807, 2.05) is 30.3 Å². The van der Waals surface area contributed by atoms with E-state index < -0.39 is 0 Å². The number of hydrogen-bond acceptors (Lipinski definition) is 3. The zero-order valence-corrected chi connectivity index (χ0v) is 11.5. The summed E-state index contributed by atoms with van der Waals surface area (Å²) in [4.78, 5) is 4.76. The van der Waals surface area contributed by atoms with Crippen molar-refractivity contribution in [2.75, 3.05) is 7.11 Å². The second-order valence-corrected chi connectivity index (χ2v) is 4.98. The molecule has 1 aromatic rings. The van der Waals surface area contributed by atoms with Gasteiger partial charge in [0, 0.05) is 7.11 Å². The highest BCUT2D eigenvalue weighted by molar-refractivity contribution is 5.87. The van der Waals surface area contributed by atoms with Gasteiger partial charge in [-0.2, -0.15) is 0 Å². The first-order valence-corrected chi connectivity index (χ1v) is 6.97. The number of nitrogens with one attached hydrogen (secondary N) is 1. The smallest absolute Gasteiger partial charge is 0.145 e. The Kier molecular flexibility index (Phi) is 5.36. The van der Waals surface area contributed by atoms with Crippen LogP contribution < -0.4 is 11.3 Å². The molecule has 4 heteroatoms. The van der Waals surface area contributed by atoms with Crippen LogP contribution in [0.1, 0.15) is 43.8 Å².